The smallest absolute Gasteiger partial charge is 0.169 e. The number of aromatic nitrogens is 3. The Morgan fingerprint density at radius 2 is 1.70 bits per heavy atom. The molecule has 0 atom stereocenters. The molecule has 0 saturated heterocycles. The van der Waals surface area contributed by atoms with Crippen molar-refractivity contribution in [2.75, 3.05) is 5.32 Å². The molecule has 1 aliphatic rings. The van der Waals surface area contributed by atoms with Crippen LogP contribution in [0.4, 0.5) is 5.69 Å². The molecule has 5 aromatic rings. The van der Waals surface area contributed by atoms with Crippen LogP contribution in [0.25, 0.3) is 16.8 Å². The van der Waals surface area contributed by atoms with Crippen molar-refractivity contribution in [2.45, 2.75) is 46.3 Å². The molecule has 0 aliphatic carbocycles. The summed E-state index contributed by atoms with van der Waals surface area (Å²) in [6.45, 7) is 5.53. The monoisotopic (exact) mass is 506 g/mol. The van der Waals surface area contributed by atoms with Crippen LogP contribution in [-0.4, -0.2) is 19.2 Å². The van der Waals surface area contributed by atoms with Crippen LogP contribution < -0.4 is 10.1 Å². The Kier molecular flexibility index (Phi) is 6.26. The summed E-state index contributed by atoms with van der Waals surface area (Å²) >= 11 is 6.10. The fourth-order valence-electron chi connectivity index (χ4n) is 5.21. The van der Waals surface area contributed by atoms with Gasteiger partial charge in [0.2, 0.25) is 0 Å². The molecule has 0 radical (unpaired) electrons. The van der Waals surface area contributed by atoms with Crippen LogP contribution in [-0.2, 0) is 19.6 Å². The Balaban J connectivity index is 1.51. The van der Waals surface area contributed by atoms with Crippen LogP contribution in [0.1, 0.15) is 41.1 Å². The summed E-state index contributed by atoms with van der Waals surface area (Å²) in [5, 5.41) is 8.65. The van der Waals surface area contributed by atoms with Gasteiger partial charge in [-0.15, -0.1) is 5.10 Å². The number of nitrogens with one attached hydrogen (secondary N) is 1. The topological polar surface area (TPSA) is 43.5 Å². The molecule has 6 rings (SSSR count). The molecule has 0 unspecified atom stereocenters. The first-order valence-electron chi connectivity index (χ1n) is 12.8. The molecule has 1 aliphatic heterocycles. The second-order valence-electron chi connectivity index (χ2n) is 9.70. The fourth-order valence-corrected chi connectivity index (χ4v) is 5.51. The third-order valence-corrected chi connectivity index (χ3v) is 7.42. The molecule has 2 aromatic heterocycles. The highest BCUT2D eigenvalue weighted by molar-refractivity contribution is 7.81. The predicted molar refractivity (Wildman–Crippen MR) is 154 cm³/mol. The predicted octanol–water partition coefficient (Wildman–Crippen LogP) is 7.12. The third-order valence-electron chi connectivity index (χ3n) is 7.12. The molecule has 3 heterocycles. The first-order chi connectivity index (χ1) is 18.1. The number of nitrogens with zero attached hydrogens (tertiary/aromatic N) is 3. The van der Waals surface area contributed by atoms with Gasteiger partial charge in [-0.05, 0) is 62.4 Å². The Morgan fingerprint density at radius 3 is 2.49 bits per heavy atom. The fraction of sp³-hybridized carbons (Fsp3) is 0.226. The van der Waals surface area contributed by atoms with Crippen molar-refractivity contribution in [3.8, 4) is 16.9 Å². The number of aryl methyl sites for hydroxylation is 4. The first-order valence-corrected chi connectivity index (χ1v) is 13.3. The van der Waals surface area contributed by atoms with Gasteiger partial charge in [0.1, 0.15) is 28.7 Å². The van der Waals surface area contributed by atoms with Crippen LogP contribution in [0.5, 0.6) is 5.75 Å². The van der Waals surface area contributed by atoms with Crippen LogP contribution >= 0.6 is 12.2 Å². The van der Waals surface area contributed by atoms with E-state index in [4.69, 9.17) is 22.1 Å². The third kappa shape index (κ3) is 4.42. The van der Waals surface area contributed by atoms with E-state index in [9.17, 15) is 0 Å². The van der Waals surface area contributed by atoms with Crippen molar-refractivity contribution in [1.82, 2.24) is 14.2 Å². The van der Waals surface area contributed by atoms with Crippen LogP contribution in [0.2, 0.25) is 0 Å². The zero-order chi connectivity index (χ0) is 25.4. The van der Waals surface area contributed by atoms with E-state index in [1.165, 1.54) is 22.3 Å². The maximum atomic E-state index is 6.13. The average Bonchev–Trinajstić information content (AvgIpc) is 3.31. The summed E-state index contributed by atoms with van der Waals surface area (Å²) in [5.41, 5.74) is 9.13. The molecular formula is C31H30N4OS. The highest BCUT2D eigenvalue weighted by atomic mass is 32.1. The van der Waals surface area contributed by atoms with E-state index >= 15 is 0 Å². The van der Waals surface area contributed by atoms with Gasteiger partial charge in [-0.3, -0.25) is 0 Å². The highest BCUT2D eigenvalue weighted by Gasteiger charge is 2.29. The lowest BCUT2D eigenvalue weighted by Crippen LogP contribution is -2.15. The van der Waals surface area contributed by atoms with E-state index in [1.54, 1.807) is 0 Å². The molecule has 0 saturated carbocycles. The van der Waals surface area contributed by atoms with Crippen molar-refractivity contribution < 1.29 is 4.74 Å². The van der Waals surface area contributed by atoms with E-state index in [2.05, 4.69) is 64.6 Å². The minimum atomic E-state index is 0.405. The van der Waals surface area contributed by atoms with Gasteiger partial charge in [0.25, 0.3) is 0 Å². The normalized spacial score (nSPS) is 12.9. The number of thiocarbonyl (C=S) groups is 1. The van der Waals surface area contributed by atoms with E-state index in [-0.39, 0.29) is 0 Å². The standard InChI is InChI=1S/C31H30N4OS/c1-21-15-17-23(18-16-21)28-25-13-8-9-19-34-27(20-36-24-11-4-3-5-12-24)33-35(31(25)34)29(28)30(37)32-26-14-7-6-10-22(26)2/h3-7,10-12,14-18H,8-9,13,19-20H2,1-2H3,(H,32,37). The van der Waals surface area contributed by atoms with Gasteiger partial charge in [0, 0.05) is 23.4 Å². The molecule has 186 valence electrons. The molecule has 0 bridgehead atoms. The zero-order valence-electron chi connectivity index (χ0n) is 21.2. The van der Waals surface area contributed by atoms with Crippen LogP contribution in [0, 0.1) is 13.8 Å². The lowest BCUT2D eigenvalue weighted by atomic mass is 9.97. The van der Waals surface area contributed by atoms with Crippen LogP contribution in [0.15, 0.2) is 78.9 Å². The number of anilines is 1. The minimum absolute atomic E-state index is 0.405. The lowest BCUT2D eigenvalue weighted by Gasteiger charge is -2.13. The van der Waals surface area contributed by atoms with E-state index in [0.29, 0.717) is 11.6 Å². The van der Waals surface area contributed by atoms with E-state index < -0.39 is 0 Å². The number of hydrogen-bond donors (Lipinski definition) is 1. The maximum absolute atomic E-state index is 6.13. The first kappa shape index (κ1) is 23.5. The lowest BCUT2D eigenvalue weighted by molar-refractivity contribution is 0.288. The number of para-hydroxylation sites is 2. The van der Waals surface area contributed by atoms with Gasteiger partial charge in [-0.2, -0.15) is 0 Å². The van der Waals surface area contributed by atoms with Gasteiger partial charge in [0.05, 0.1) is 0 Å². The molecular weight excluding hydrogens is 476 g/mol. The number of rotatable bonds is 6. The van der Waals surface area contributed by atoms with Crippen molar-refractivity contribution in [2.24, 2.45) is 0 Å². The molecule has 6 heteroatoms. The van der Waals surface area contributed by atoms with Crippen molar-refractivity contribution in [1.29, 1.82) is 0 Å². The average molecular weight is 507 g/mol. The van der Waals surface area contributed by atoms with Gasteiger partial charge in [-0.1, -0.05) is 78.4 Å². The molecule has 1 N–H and O–H groups in total. The second-order valence-corrected chi connectivity index (χ2v) is 10.1. The summed E-state index contributed by atoms with van der Waals surface area (Å²) in [6.07, 6.45) is 3.22. The van der Waals surface area contributed by atoms with Crippen molar-refractivity contribution in [3.05, 3.63) is 107 Å². The Morgan fingerprint density at radius 1 is 0.946 bits per heavy atom. The summed E-state index contributed by atoms with van der Waals surface area (Å²) < 4.78 is 10.5. The maximum Gasteiger partial charge on any atom is 0.169 e. The Hall–Kier alpha value is -3.90. The summed E-state index contributed by atoms with van der Waals surface area (Å²) in [7, 11) is 0. The van der Waals surface area contributed by atoms with Gasteiger partial charge in [0.15, 0.2) is 5.82 Å². The summed E-state index contributed by atoms with van der Waals surface area (Å²) in [5.74, 6) is 1.76. The molecule has 5 nitrogen and oxygen atoms in total. The van der Waals surface area contributed by atoms with Crippen molar-refractivity contribution in [3.63, 3.8) is 0 Å². The largest absolute Gasteiger partial charge is 0.486 e. The van der Waals surface area contributed by atoms with Gasteiger partial charge >= 0.3 is 0 Å². The Bertz CT molecular complexity index is 1580. The number of benzene rings is 3. The van der Waals surface area contributed by atoms with Gasteiger partial charge < -0.3 is 14.6 Å². The van der Waals surface area contributed by atoms with Gasteiger partial charge in [-0.25, -0.2) is 4.52 Å². The number of hydrogen-bond acceptors (Lipinski definition) is 3. The summed E-state index contributed by atoms with van der Waals surface area (Å²) in [4.78, 5) is 0.673. The second kappa shape index (κ2) is 9.87. The van der Waals surface area contributed by atoms with Crippen molar-refractivity contribution >= 4 is 28.5 Å². The molecule has 0 spiro atoms. The number of ether oxygens (including phenoxy) is 1. The molecule has 0 amide bonds. The minimum Gasteiger partial charge on any atom is -0.486 e. The van der Waals surface area contributed by atoms with Crippen LogP contribution in [0.3, 0.4) is 0 Å². The van der Waals surface area contributed by atoms with E-state index in [1.807, 2.05) is 42.5 Å². The summed E-state index contributed by atoms with van der Waals surface area (Å²) in [6, 6.07) is 26.9. The molecule has 37 heavy (non-hydrogen) atoms. The molecule has 0 fully saturated rings. The zero-order valence-corrected chi connectivity index (χ0v) is 22.0. The SMILES string of the molecule is Cc1ccc(-c2c3c4n(c(COc5ccccc5)nn4c2C(=S)Nc2ccccc2C)CCCC3)cc1. The Labute approximate surface area is 222 Å². The van der Waals surface area contributed by atoms with E-state index in [0.717, 1.165) is 60.0 Å². The highest BCUT2D eigenvalue weighted by Crippen LogP contribution is 2.37. The molecule has 3 aromatic carbocycles. The quantitative estimate of drug-likeness (QED) is 0.249.